The molecule has 222 valence electrons. The van der Waals surface area contributed by atoms with Crippen LogP contribution in [0.5, 0.6) is 0 Å². The molecule has 1 saturated heterocycles. The molecule has 5 amide bonds. The number of carbonyl (C=O) groups is 5. The zero-order valence-corrected chi connectivity index (χ0v) is 24.0. The van der Waals surface area contributed by atoms with Crippen molar-refractivity contribution in [2.45, 2.75) is 104 Å². The highest BCUT2D eigenvalue weighted by Gasteiger charge is 2.38. The molecule has 1 fully saturated rings. The molecule has 0 unspecified atom stereocenters. The van der Waals surface area contributed by atoms with E-state index in [1.807, 2.05) is 27.7 Å². The average molecular weight is 553 g/mol. The summed E-state index contributed by atoms with van der Waals surface area (Å²) in [5, 5.41) is 11.0. The van der Waals surface area contributed by atoms with Crippen LogP contribution in [0.1, 0.15) is 79.6 Å². The number of nitrogens with zero attached hydrogens (tertiary/aromatic N) is 2. The van der Waals surface area contributed by atoms with Gasteiger partial charge in [-0.3, -0.25) is 29.0 Å². The quantitative estimate of drug-likeness (QED) is 0.0840. The van der Waals surface area contributed by atoms with Crippen molar-refractivity contribution in [3.05, 3.63) is 0 Å². The Morgan fingerprint density at radius 1 is 0.974 bits per heavy atom. The van der Waals surface area contributed by atoms with Crippen LogP contribution < -0.4 is 32.7 Å². The number of hydrogen-bond donors (Lipinski definition) is 6. The third-order valence-corrected chi connectivity index (χ3v) is 6.81. The maximum absolute atomic E-state index is 13.6. The van der Waals surface area contributed by atoms with Gasteiger partial charge < -0.3 is 37.6 Å². The predicted octanol–water partition coefficient (Wildman–Crippen LogP) is -0.512. The average Bonchev–Trinajstić information content (AvgIpc) is 3.37. The van der Waals surface area contributed by atoms with Crippen molar-refractivity contribution in [2.24, 2.45) is 22.4 Å². The molecule has 39 heavy (non-hydrogen) atoms. The van der Waals surface area contributed by atoms with E-state index in [1.54, 1.807) is 0 Å². The first-order valence-electron chi connectivity index (χ1n) is 14.0. The Morgan fingerprint density at radius 3 is 2.23 bits per heavy atom. The van der Waals surface area contributed by atoms with E-state index >= 15 is 0 Å². The summed E-state index contributed by atoms with van der Waals surface area (Å²) in [6, 6.07) is -3.24. The SMILES string of the molecule is CCC[C@H](NC(C)=O)C(=O)N[C@H](C(=O)N[C@@H](CCCN=C(N)N)C(=O)N1CCC[C@H]1C(=O)NCC)[C@@H](C)CC. The van der Waals surface area contributed by atoms with Gasteiger partial charge in [-0.15, -0.1) is 0 Å². The van der Waals surface area contributed by atoms with Crippen LogP contribution in [-0.4, -0.2) is 84.2 Å². The van der Waals surface area contributed by atoms with E-state index in [9.17, 15) is 24.0 Å². The largest absolute Gasteiger partial charge is 0.370 e. The number of amides is 5. The second kappa shape index (κ2) is 17.3. The van der Waals surface area contributed by atoms with Crippen LogP contribution in [0.2, 0.25) is 0 Å². The molecule has 8 N–H and O–H groups in total. The molecule has 0 saturated carbocycles. The van der Waals surface area contributed by atoms with E-state index in [4.69, 9.17) is 11.5 Å². The van der Waals surface area contributed by atoms with Crippen molar-refractivity contribution in [3.63, 3.8) is 0 Å². The van der Waals surface area contributed by atoms with Gasteiger partial charge in [-0.25, -0.2) is 0 Å². The molecule has 0 aromatic heterocycles. The third kappa shape index (κ3) is 11.1. The highest BCUT2D eigenvalue weighted by Crippen LogP contribution is 2.20. The topological polar surface area (TPSA) is 201 Å². The van der Waals surface area contributed by atoms with Gasteiger partial charge in [-0.2, -0.15) is 0 Å². The Hall–Kier alpha value is -3.38. The number of nitrogens with one attached hydrogen (secondary N) is 4. The summed E-state index contributed by atoms with van der Waals surface area (Å²) in [5.74, 6) is -2.22. The Bertz CT molecular complexity index is 876. The van der Waals surface area contributed by atoms with Crippen LogP contribution in [0.3, 0.4) is 0 Å². The van der Waals surface area contributed by atoms with Crippen molar-refractivity contribution in [2.75, 3.05) is 19.6 Å². The fraction of sp³-hybridized carbons (Fsp3) is 0.769. The van der Waals surface area contributed by atoms with Crippen LogP contribution >= 0.6 is 0 Å². The summed E-state index contributed by atoms with van der Waals surface area (Å²) >= 11 is 0. The number of guanidine groups is 1. The zero-order chi connectivity index (χ0) is 29.5. The molecule has 13 heteroatoms. The monoisotopic (exact) mass is 552 g/mol. The maximum atomic E-state index is 13.6. The molecule has 0 aliphatic carbocycles. The molecule has 1 rings (SSSR count). The summed E-state index contributed by atoms with van der Waals surface area (Å²) in [4.78, 5) is 69.9. The van der Waals surface area contributed by atoms with Crippen molar-refractivity contribution in [1.82, 2.24) is 26.2 Å². The Balaban J connectivity index is 3.16. The summed E-state index contributed by atoms with van der Waals surface area (Å²) in [7, 11) is 0. The molecule has 0 aromatic rings. The van der Waals surface area contributed by atoms with Gasteiger partial charge in [0.25, 0.3) is 0 Å². The van der Waals surface area contributed by atoms with Crippen molar-refractivity contribution >= 4 is 35.5 Å². The van der Waals surface area contributed by atoms with E-state index in [1.165, 1.54) is 11.8 Å². The van der Waals surface area contributed by atoms with Crippen LogP contribution in [0, 0.1) is 5.92 Å². The number of likely N-dealkylation sites (tertiary alicyclic amines) is 1. The number of nitrogens with two attached hydrogens (primary N) is 2. The molecule has 1 aliphatic heterocycles. The lowest BCUT2D eigenvalue weighted by atomic mass is 9.96. The van der Waals surface area contributed by atoms with Gasteiger partial charge in [0.1, 0.15) is 24.2 Å². The van der Waals surface area contributed by atoms with E-state index in [2.05, 4.69) is 26.3 Å². The molecule has 1 aliphatic rings. The molecule has 0 bridgehead atoms. The number of likely N-dealkylation sites (N-methyl/N-ethyl adjacent to an activating group) is 1. The molecule has 0 aromatic carbocycles. The fourth-order valence-electron chi connectivity index (χ4n) is 4.58. The van der Waals surface area contributed by atoms with E-state index < -0.39 is 36.0 Å². The van der Waals surface area contributed by atoms with Gasteiger partial charge in [0.05, 0.1) is 0 Å². The lowest BCUT2D eigenvalue weighted by Crippen LogP contribution is -2.59. The number of rotatable bonds is 16. The van der Waals surface area contributed by atoms with Gasteiger partial charge in [0.2, 0.25) is 29.5 Å². The van der Waals surface area contributed by atoms with Crippen molar-refractivity contribution in [1.29, 1.82) is 0 Å². The summed E-state index contributed by atoms with van der Waals surface area (Å²) in [6.07, 6.45) is 3.54. The third-order valence-electron chi connectivity index (χ3n) is 6.81. The highest BCUT2D eigenvalue weighted by molar-refractivity contribution is 5.95. The normalized spacial score (nSPS) is 17.8. The van der Waals surface area contributed by atoms with E-state index in [-0.39, 0.29) is 42.6 Å². The van der Waals surface area contributed by atoms with Crippen LogP contribution in [-0.2, 0) is 24.0 Å². The first-order valence-corrected chi connectivity index (χ1v) is 14.0. The maximum Gasteiger partial charge on any atom is 0.245 e. The minimum Gasteiger partial charge on any atom is -0.370 e. The molecule has 1 heterocycles. The smallest absolute Gasteiger partial charge is 0.245 e. The van der Waals surface area contributed by atoms with E-state index in [0.29, 0.717) is 51.6 Å². The van der Waals surface area contributed by atoms with Gasteiger partial charge in [0, 0.05) is 26.6 Å². The molecular formula is C26H48N8O5. The minimum absolute atomic E-state index is 0.0712. The second-order valence-electron chi connectivity index (χ2n) is 10.0. The van der Waals surface area contributed by atoms with Crippen molar-refractivity contribution < 1.29 is 24.0 Å². The molecule has 0 radical (unpaired) electrons. The number of aliphatic imine (C=N–C) groups is 1. The number of carbonyl (C=O) groups excluding carboxylic acids is 5. The van der Waals surface area contributed by atoms with Gasteiger partial charge in [0.15, 0.2) is 5.96 Å². The Labute approximate surface area is 231 Å². The Kier molecular flexibility index (Phi) is 14.9. The van der Waals surface area contributed by atoms with Crippen molar-refractivity contribution in [3.8, 4) is 0 Å². The standard InChI is InChI=1S/C26H48N8O5/c1-6-11-18(31-17(5)35)22(36)33-21(16(4)7-2)24(38)32-19(12-9-14-30-26(27)28)25(39)34-15-10-13-20(34)23(37)29-8-3/h16,18-21H,6-15H2,1-5H3,(H,29,37)(H,31,35)(H,32,38)(H,33,36)(H4,27,28,30)/t16-,18-,19-,20-,21-/m0/s1. The molecule has 13 nitrogen and oxygen atoms in total. The fourth-order valence-corrected chi connectivity index (χ4v) is 4.58. The van der Waals surface area contributed by atoms with E-state index in [0.717, 1.165) is 0 Å². The second-order valence-corrected chi connectivity index (χ2v) is 10.0. The predicted molar refractivity (Wildman–Crippen MR) is 149 cm³/mol. The number of hydrogen-bond acceptors (Lipinski definition) is 6. The van der Waals surface area contributed by atoms with Crippen LogP contribution in [0.4, 0.5) is 0 Å². The summed E-state index contributed by atoms with van der Waals surface area (Å²) in [6.45, 7) is 9.89. The molecule has 5 atom stereocenters. The first kappa shape index (κ1) is 33.6. The van der Waals surface area contributed by atoms with Crippen LogP contribution in [0.15, 0.2) is 4.99 Å². The van der Waals surface area contributed by atoms with Gasteiger partial charge >= 0.3 is 0 Å². The van der Waals surface area contributed by atoms with Crippen LogP contribution in [0.25, 0.3) is 0 Å². The molecule has 0 spiro atoms. The highest BCUT2D eigenvalue weighted by atomic mass is 16.2. The van der Waals surface area contributed by atoms with Gasteiger partial charge in [-0.1, -0.05) is 33.6 Å². The lowest BCUT2D eigenvalue weighted by molar-refractivity contribution is -0.142. The Morgan fingerprint density at radius 2 is 1.67 bits per heavy atom. The zero-order valence-electron chi connectivity index (χ0n) is 24.0. The molecular weight excluding hydrogens is 504 g/mol. The minimum atomic E-state index is -0.938. The summed E-state index contributed by atoms with van der Waals surface area (Å²) < 4.78 is 0. The lowest BCUT2D eigenvalue weighted by Gasteiger charge is -2.31. The van der Waals surface area contributed by atoms with Gasteiger partial charge in [-0.05, 0) is 44.9 Å². The summed E-state index contributed by atoms with van der Waals surface area (Å²) in [5.41, 5.74) is 10.8. The first-order chi connectivity index (χ1) is 18.5.